The Bertz CT molecular complexity index is 512. The fraction of sp³-hybridized carbons (Fsp3) is 1.00. The smallest absolute Gasteiger partial charge is 0.0622 e. The average molecular weight is 349 g/mol. The van der Waals surface area contributed by atoms with Gasteiger partial charge < -0.3 is 10.2 Å². The fourth-order valence-corrected chi connectivity index (χ4v) is 8.78. The molecule has 9 atom stereocenters. The zero-order chi connectivity index (χ0) is 18.0. The maximum atomic E-state index is 10.7. The van der Waals surface area contributed by atoms with Crippen LogP contribution in [0.2, 0.25) is 0 Å². The predicted octanol–water partition coefficient (Wildman–Crippen LogP) is 5.17. The van der Waals surface area contributed by atoms with Gasteiger partial charge in [-0.15, -0.1) is 0 Å². The summed E-state index contributed by atoms with van der Waals surface area (Å²) in [6.07, 6.45) is 12.4. The van der Waals surface area contributed by atoms with Gasteiger partial charge in [-0.3, -0.25) is 0 Å². The normalized spacial score (nSPS) is 56.6. The van der Waals surface area contributed by atoms with Gasteiger partial charge in [-0.05, 0) is 118 Å². The highest BCUT2D eigenvalue weighted by Gasteiger charge is 2.62. The third-order valence-electron chi connectivity index (χ3n) is 9.97. The Morgan fingerprint density at radius 1 is 0.960 bits per heavy atom. The second kappa shape index (κ2) is 5.96. The molecule has 4 fully saturated rings. The molecule has 0 amide bonds. The van der Waals surface area contributed by atoms with Crippen LogP contribution in [0.3, 0.4) is 0 Å². The molecular weight excluding hydrogens is 308 g/mol. The van der Waals surface area contributed by atoms with Gasteiger partial charge in [0, 0.05) is 0 Å². The third-order valence-corrected chi connectivity index (χ3v) is 9.97. The van der Waals surface area contributed by atoms with Crippen molar-refractivity contribution >= 4 is 0 Å². The summed E-state index contributed by atoms with van der Waals surface area (Å²) < 4.78 is 0. The predicted molar refractivity (Wildman–Crippen MR) is 102 cm³/mol. The van der Waals surface area contributed by atoms with E-state index in [0.717, 1.165) is 36.5 Å². The van der Waals surface area contributed by atoms with Crippen molar-refractivity contribution < 1.29 is 10.2 Å². The van der Waals surface area contributed by atoms with Crippen LogP contribution in [0.1, 0.15) is 91.9 Å². The van der Waals surface area contributed by atoms with Crippen LogP contribution in [0.15, 0.2) is 0 Å². The molecular formula is C23H40O2. The Morgan fingerprint density at radius 3 is 2.40 bits per heavy atom. The molecule has 0 aromatic heterocycles. The largest absolute Gasteiger partial charge is 0.393 e. The summed E-state index contributed by atoms with van der Waals surface area (Å²) in [5.74, 6) is 3.83. The van der Waals surface area contributed by atoms with Crippen molar-refractivity contribution in [2.75, 3.05) is 0 Å². The highest BCUT2D eigenvalue weighted by Crippen LogP contribution is 2.69. The van der Waals surface area contributed by atoms with E-state index < -0.39 is 5.60 Å². The van der Waals surface area contributed by atoms with Crippen LogP contribution < -0.4 is 0 Å². The summed E-state index contributed by atoms with van der Waals surface area (Å²) in [4.78, 5) is 0. The topological polar surface area (TPSA) is 40.5 Å². The van der Waals surface area contributed by atoms with Crippen molar-refractivity contribution in [3.8, 4) is 0 Å². The van der Waals surface area contributed by atoms with Gasteiger partial charge in [0.05, 0.1) is 11.7 Å². The highest BCUT2D eigenvalue weighted by molar-refractivity contribution is 5.11. The standard InChI is InChI=1S/C23H40O2/c1-5-23-13-12-21(3,25)14-16(23)6-7-17-19-9-8-18(15(2)24)22(19,4)11-10-20(17)23/h15-20,24-25H,5-14H2,1-4H3/t15?,16-,17+,18-,19+,20+,21-,22-,23+/m1/s1. The fourth-order valence-electron chi connectivity index (χ4n) is 8.78. The molecule has 144 valence electrons. The first-order valence-electron chi connectivity index (χ1n) is 11.1. The number of aliphatic hydroxyl groups is 2. The van der Waals surface area contributed by atoms with Gasteiger partial charge >= 0.3 is 0 Å². The lowest BCUT2D eigenvalue weighted by Gasteiger charge is -2.63. The zero-order valence-corrected chi connectivity index (χ0v) is 16.9. The van der Waals surface area contributed by atoms with Gasteiger partial charge in [0.2, 0.25) is 0 Å². The zero-order valence-electron chi connectivity index (χ0n) is 16.9. The monoisotopic (exact) mass is 348 g/mol. The lowest BCUT2D eigenvalue weighted by atomic mass is 9.42. The Morgan fingerprint density at radius 2 is 1.72 bits per heavy atom. The highest BCUT2D eigenvalue weighted by atomic mass is 16.3. The number of hydrogen-bond acceptors (Lipinski definition) is 2. The Hall–Kier alpha value is -0.0800. The SMILES string of the molecule is CC[C@]12CC[C@@](C)(O)C[C@H]1CC[C@H]1[C@@H]3CC[C@H](C(C)O)[C@@]3(C)CC[C@@H]12. The molecule has 2 nitrogen and oxygen atoms in total. The van der Waals surface area contributed by atoms with Gasteiger partial charge in [-0.1, -0.05) is 13.8 Å². The van der Waals surface area contributed by atoms with E-state index in [1.54, 1.807) is 0 Å². The van der Waals surface area contributed by atoms with Crippen LogP contribution in [0.4, 0.5) is 0 Å². The molecule has 0 aromatic carbocycles. The van der Waals surface area contributed by atoms with E-state index in [2.05, 4.69) is 20.8 Å². The maximum absolute atomic E-state index is 10.7. The molecule has 0 radical (unpaired) electrons. The molecule has 0 saturated heterocycles. The summed E-state index contributed by atoms with van der Waals surface area (Å²) in [7, 11) is 0. The van der Waals surface area contributed by atoms with Crippen molar-refractivity contribution in [2.45, 2.75) is 104 Å². The Balaban J connectivity index is 1.63. The van der Waals surface area contributed by atoms with Crippen LogP contribution in [-0.4, -0.2) is 21.9 Å². The van der Waals surface area contributed by atoms with E-state index in [9.17, 15) is 10.2 Å². The van der Waals surface area contributed by atoms with E-state index in [1.165, 1.54) is 51.4 Å². The first-order valence-corrected chi connectivity index (χ1v) is 11.1. The van der Waals surface area contributed by atoms with E-state index in [-0.39, 0.29) is 6.10 Å². The van der Waals surface area contributed by atoms with Gasteiger partial charge in [-0.2, -0.15) is 0 Å². The number of hydrogen-bond donors (Lipinski definition) is 2. The van der Waals surface area contributed by atoms with Crippen LogP contribution >= 0.6 is 0 Å². The molecule has 0 spiro atoms. The van der Waals surface area contributed by atoms with Crippen molar-refractivity contribution in [2.24, 2.45) is 40.4 Å². The lowest BCUT2D eigenvalue weighted by molar-refractivity contribution is -0.158. The van der Waals surface area contributed by atoms with Gasteiger partial charge in [0.25, 0.3) is 0 Å². The molecule has 2 heteroatoms. The summed E-state index contributed by atoms with van der Waals surface area (Å²) in [5.41, 5.74) is 0.441. The maximum Gasteiger partial charge on any atom is 0.0622 e. The molecule has 0 aliphatic heterocycles. The van der Waals surface area contributed by atoms with Crippen molar-refractivity contribution in [3.63, 3.8) is 0 Å². The van der Waals surface area contributed by atoms with Gasteiger partial charge in [-0.25, -0.2) is 0 Å². The van der Waals surface area contributed by atoms with Crippen LogP contribution in [0, 0.1) is 40.4 Å². The number of rotatable bonds is 2. The average Bonchev–Trinajstić information content (AvgIpc) is 2.91. The molecule has 4 saturated carbocycles. The first-order chi connectivity index (χ1) is 11.7. The molecule has 25 heavy (non-hydrogen) atoms. The molecule has 4 aliphatic carbocycles. The second-order valence-electron chi connectivity index (χ2n) is 10.9. The molecule has 0 heterocycles. The summed E-state index contributed by atoms with van der Waals surface area (Å²) >= 11 is 0. The quantitative estimate of drug-likeness (QED) is 0.723. The van der Waals surface area contributed by atoms with Crippen molar-refractivity contribution in [1.82, 2.24) is 0 Å². The van der Waals surface area contributed by atoms with E-state index >= 15 is 0 Å². The van der Waals surface area contributed by atoms with Gasteiger partial charge in [0.15, 0.2) is 0 Å². The summed E-state index contributed by atoms with van der Waals surface area (Å²) in [5, 5.41) is 21.0. The minimum Gasteiger partial charge on any atom is -0.393 e. The third kappa shape index (κ3) is 2.57. The van der Waals surface area contributed by atoms with Crippen LogP contribution in [0.25, 0.3) is 0 Å². The van der Waals surface area contributed by atoms with E-state index in [1.807, 2.05) is 6.92 Å². The lowest BCUT2D eigenvalue weighted by Crippen LogP contribution is -2.56. The molecule has 2 N–H and O–H groups in total. The van der Waals surface area contributed by atoms with Crippen molar-refractivity contribution in [1.29, 1.82) is 0 Å². The Labute approximate surface area is 154 Å². The molecule has 1 unspecified atom stereocenters. The minimum absolute atomic E-state index is 0.146. The minimum atomic E-state index is -0.426. The molecule has 0 aromatic rings. The van der Waals surface area contributed by atoms with Crippen LogP contribution in [-0.2, 0) is 0 Å². The first kappa shape index (κ1) is 18.3. The van der Waals surface area contributed by atoms with Crippen LogP contribution in [0.5, 0.6) is 0 Å². The Kier molecular flexibility index (Phi) is 4.36. The molecule has 4 rings (SSSR count). The second-order valence-corrected chi connectivity index (χ2v) is 10.9. The number of fused-ring (bicyclic) bond motifs is 5. The summed E-state index contributed by atoms with van der Waals surface area (Å²) in [6.45, 7) is 9.03. The van der Waals surface area contributed by atoms with E-state index in [0.29, 0.717) is 16.7 Å². The van der Waals surface area contributed by atoms with E-state index in [4.69, 9.17) is 0 Å². The van der Waals surface area contributed by atoms with Gasteiger partial charge in [0.1, 0.15) is 0 Å². The molecule has 4 aliphatic rings. The number of aliphatic hydroxyl groups excluding tert-OH is 1. The summed E-state index contributed by atoms with van der Waals surface area (Å²) in [6, 6.07) is 0. The molecule has 0 bridgehead atoms. The van der Waals surface area contributed by atoms with Crippen molar-refractivity contribution in [3.05, 3.63) is 0 Å².